The predicted molar refractivity (Wildman–Crippen MR) is 150 cm³/mol. The molecule has 0 spiro atoms. The summed E-state index contributed by atoms with van der Waals surface area (Å²) in [6, 6.07) is 12.8. The van der Waals surface area contributed by atoms with Gasteiger partial charge in [-0.15, -0.1) is 23.5 Å². The van der Waals surface area contributed by atoms with Crippen LogP contribution < -0.4 is 15.1 Å². The van der Waals surface area contributed by atoms with Gasteiger partial charge >= 0.3 is 0 Å². The van der Waals surface area contributed by atoms with Crippen LogP contribution in [0, 0.1) is 0 Å². The zero-order chi connectivity index (χ0) is 24.5. The highest BCUT2D eigenvalue weighted by atomic mass is 32.2. The van der Waals surface area contributed by atoms with Crippen LogP contribution in [-0.2, 0) is 9.47 Å². The van der Waals surface area contributed by atoms with Crippen LogP contribution in [0.15, 0.2) is 36.4 Å². The van der Waals surface area contributed by atoms with Crippen LogP contribution in [-0.4, -0.2) is 78.1 Å². The average Bonchev–Trinajstić information content (AvgIpc) is 3.43. The minimum Gasteiger partial charge on any atom is -0.378 e. The summed E-state index contributed by atoms with van der Waals surface area (Å²) in [4.78, 5) is 19.4. The van der Waals surface area contributed by atoms with Gasteiger partial charge in [-0.05, 0) is 43.7 Å². The fourth-order valence-electron chi connectivity index (χ4n) is 4.97. The lowest BCUT2D eigenvalue weighted by Gasteiger charge is -2.36. The number of nitrogens with zero attached hydrogens (tertiary/aromatic N) is 5. The minimum atomic E-state index is 0.129. The van der Waals surface area contributed by atoms with Gasteiger partial charge in [-0.2, -0.15) is 9.97 Å². The highest BCUT2D eigenvalue weighted by Gasteiger charge is 2.27. The number of nitrogens with one attached hydrogen (secondary N) is 1. The Balaban J connectivity index is 1.31. The van der Waals surface area contributed by atoms with Crippen LogP contribution in [0.3, 0.4) is 0 Å². The van der Waals surface area contributed by atoms with Crippen molar-refractivity contribution in [1.82, 2.24) is 15.0 Å². The van der Waals surface area contributed by atoms with E-state index in [0.717, 1.165) is 48.9 Å². The number of aromatic nitrogens is 3. The topological polar surface area (TPSA) is 75.6 Å². The lowest BCUT2D eigenvalue weighted by atomic mass is 10.2. The maximum Gasteiger partial charge on any atom is 0.229 e. The van der Waals surface area contributed by atoms with E-state index in [1.165, 1.54) is 17.1 Å². The molecule has 2 aromatic heterocycles. The van der Waals surface area contributed by atoms with Gasteiger partial charge < -0.3 is 24.6 Å². The van der Waals surface area contributed by atoms with E-state index in [1.54, 1.807) is 0 Å². The number of anilines is 4. The van der Waals surface area contributed by atoms with Crippen LogP contribution in [0.2, 0.25) is 0 Å². The van der Waals surface area contributed by atoms with E-state index in [1.807, 2.05) is 29.6 Å². The number of fused-ring (bicyclic) bond motifs is 1. The van der Waals surface area contributed by atoms with Gasteiger partial charge in [0.1, 0.15) is 11.6 Å². The largest absolute Gasteiger partial charge is 0.378 e. The Hall–Kier alpha value is -2.27. The van der Waals surface area contributed by atoms with Crippen LogP contribution in [0.5, 0.6) is 0 Å². The quantitative estimate of drug-likeness (QED) is 0.508. The fourth-order valence-corrected chi connectivity index (χ4v) is 7.83. The second-order valence-corrected chi connectivity index (χ2v) is 12.2. The predicted octanol–water partition coefficient (Wildman–Crippen LogP) is 4.70. The van der Waals surface area contributed by atoms with Crippen molar-refractivity contribution in [2.24, 2.45) is 0 Å². The zero-order valence-corrected chi connectivity index (χ0v) is 22.4. The van der Waals surface area contributed by atoms with Crippen LogP contribution >= 0.6 is 23.5 Å². The Morgan fingerprint density at radius 2 is 1.58 bits per heavy atom. The van der Waals surface area contributed by atoms with Crippen molar-refractivity contribution in [2.75, 3.05) is 66.0 Å². The Bertz CT molecular complexity index is 1190. The number of thioether (sulfide) groups is 2. The van der Waals surface area contributed by atoms with E-state index < -0.39 is 0 Å². The molecule has 0 radical (unpaired) electrons. The third kappa shape index (κ3) is 5.22. The molecule has 0 bridgehead atoms. The standard InChI is InChI=1S/C26H32N6O2S2/c1-17-15-32(16-18(2)34-17)26-29-23-21(24(30-26)31-9-11-33-12-10-31)7-8-22(28-23)27-20-5-3-19(4-6-20)25-35-13-14-36-25/h3-8,17-18,25H,9-16H2,1-2H3,(H,27,28,29,30). The SMILES string of the molecule is CC1CN(c2nc(N3CCOCC3)c3ccc(Nc4ccc(C5SCCS5)cc4)nc3n2)CC(C)O1. The molecule has 5 heterocycles. The van der Waals surface area contributed by atoms with E-state index in [0.29, 0.717) is 29.4 Å². The van der Waals surface area contributed by atoms with Gasteiger partial charge in [0.05, 0.1) is 35.4 Å². The molecule has 0 saturated carbocycles. The van der Waals surface area contributed by atoms with E-state index in [-0.39, 0.29) is 12.2 Å². The van der Waals surface area contributed by atoms with Gasteiger partial charge in [-0.1, -0.05) is 12.1 Å². The first-order chi connectivity index (χ1) is 17.6. The summed E-state index contributed by atoms with van der Waals surface area (Å²) in [5.74, 6) is 4.89. The zero-order valence-electron chi connectivity index (χ0n) is 20.7. The highest BCUT2D eigenvalue weighted by Crippen LogP contribution is 2.45. The summed E-state index contributed by atoms with van der Waals surface area (Å²) in [7, 11) is 0. The second kappa shape index (κ2) is 10.6. The normalized spacial score (nSPS) is 23.4. The van der Waals surface area contributed by atoms with Crippen molar-refractivity contribution < 1.29 is 9.47 Å². The van der Waals surface area contributed by atoms with Crippen molar-refractivity contribution in [3.8, 4) is 0 Å². The van der Waals surface area contributed by atoms with E-state index >= 15 is 0 Å². The molecular weight excluding hydrogens is 492 g/mol. The van der Waals surface area contributed by atoms with Gasteiger partial charge in [-0.3, -0.25) is 0 Å². The maximum atomic E-state index is 5.95. The third-order valence-corrected chi connectivity index (χ3v) is 9.72. The Morgan fingerprint density at radius 1 is 0.861 bits per heavy atom. The second-order valence-electron chi connectivity index (χ2n) is 9.50. The number of rotatable bonds is 5. The molecule has 6 rings (SSSR count). The van der Waals surface area contributed by atoms with Crippen LogP contribution in [0.25, 0.3) is 11.0 Å². The van der Waals surface area contributed by atoms with Crippen molar-refractivity contribution in [2.45, 2.75) is 30.6 Å². The molecule has 190 valence electrons. The van der Waals surface area contributed by atoms with Gasteiger partial charge in [0.2, 0.25) is 5.95 Å². The van der Waals surface area contributed by atoms with Gasteiger partial charge in [-0.25, -0.2) is 4.98 Å². The summed E-state index contributed by atoms with van der Waals surface area (Å²) >= 11 is 4.05. The monoisotopic (exact) mass is 524 g/mol. The van der Waals surface area contributed by atoms with Crippen molar-refractivity contribution >= 4 is 57.8 Å². The first-order valence-electron chi connectivity index (χ1n) is 12.6. The van der Waals surface area contributed by atoms with Crippen molar-refractivity contribution in [1.29, 1.82) is 0 Å². The minimum absolute atomic E-state index is 0.129. The molecule has 3 saturated heterocycles. The van der Waals surface area contributed by atoms with Crippen molar-refractivity contribution in [3.05, 3.63) is 42.0 Å². The number of ether oxygens (including phenoxy) is 2. The third-order valence-electron chi connectivity index (χ3n) is 6.62. The molecule has 0 amide bonds. The van der Waals surface area contributed by atoms with E-state index in [9.17, 15) is 0 Å². The molecule has 1 aromatic carbocycles. The first kappa shape index (κ1) is 24.1. The van der Waals surface area contributed by atoms with Gasteiger partial charge in [0, 0.05) is 43.4 Å². The number of pyridine rings is 1. The lowest BCUT2D eigenvalue weighted by molar-refractivity contribution is -0.00570. The molecule has 0 aliphatic carbocycles. The summed E-state index contributed by atoms with van der Waals surface area (Å²) in [5, 5.41) is 4.44. The molecule has 36 heavy (non-hydrogen) atoms. The lowest BCUT2D eigenvalue weighted by Crippen LogP contribution is -2.46. The van der Waals surface area contributed by atoms with Crippen LogP contribution in [0.4, 0.5) is 23.3 Å². The summed E-state index contributed by atoms with van der Waals surface area (Å²) in [6.07, 6.45) is 0.259. The molecule has 2 atom stereocenters. The molecule has 3 aromatic rings. The number of morpholine rings is 2. The molecule has 3 aliphatic rings. The van der Waals surface area contributed by atoms with Gasteiger partial charge in [0.25, 0.3) is 0 Å². The molecular formula is C26H32N6O2S2. The Kier molecular flexibility index (Phi) is 7.10. The maximum absolute atomic E-state index is 5.95. The first-order valence-corrected chi connectivity index (χ1v) is 14.7. The molecule has 3 fully saturated rings. The van der Waals surface area contributed by atoms with E-state index in [4.69, 9.17) is 24.4 Å². The molecule has 8 nitrogen and oxygen atoms in total. The summed E-state index contributed by atoms with van der Waals surface area (Å²) in [5.41, 5.74) is 3.10. The van der Waals surface area contributed by atoms with Gasteiger partial charge in [0.15, 0.2) is 5.65 Å². The number of hydrogen-bond donors (Lipinski definition) is 1. The molecule has 2 unspecified atom stereocenters. The average molecular weight is 525 g/mol. The highest BCUT2D eigenvalue weighted by molar-refractivity contribution is 8.19. The number of hydrogen-bond acceptors (Lipinski definition) is 10. The Labute approximate surface area is 220 Å². The van der Waals surface area contributed by atoms with E-state index in [2.05, 4.69) is 59.3 Å². The molecule has 3 aliphatic heterocycles. The summed E-state index contributed by atoms with van der Waals surface area (Å²) < 4.78 is 12.1. The fraction of sp³-hybridized carbons (Fsp3) is 0.500. The molecule has 10 heteroatoms. The summed E-state index contributed by atoms with van der Waals surface area (Å²) in [6.45, 7) is 8.75. The number of benzene rings is 1. The smallest absolute Gasteiger partial charge is 0.229 e. The molecule has 1 N–H and O–H groups in total. The Morgan fingerprint density at radius 3 is 2.31 bits per heavy atom. The van der Waals surface area contributed by atoms with Crippen LogP contribution in [0.1, 0.15) is 24.0 Å². The van der Waals surface area contributed by atoms with Crippen molar-refractivity contribution in [3.63, 3.8) is 0 Å².